The highest BCUT2D eigenvalue weighted by molar-refractivity contribution is 6.98. The van der Waals surface area contributed by atoms with Crippen LogP contribution in [-0.4, -0.2) is 28.1 Å². The molecule has 0 saturated carbocycles. The standard InChI is InChI=1S/C11H26OSi2/c1-9-10-11(12-2,13(3,4)5)14(6,7)8/h9H,1,10H2,2-8H3. The van der Waals surface area contributed by atoms with E-state index in [1.165, 1.54) is 0 Å². The Morgan fingerprint density at radius 1 is 1.07 bits per heavy atom. The van der Waals surface area contributed by atoms with Gasteiger partial charge in [0.1, 0.15) is 0 Å². The van der Waals surface area contributed by atoms with Crippen molar-refractivity contribution in [3.8, 4) is 0 Å². The molecule has 0 aromatic carbocycles. The van der Waals surface area contributed by atoms with Crippen LogP contribution in [0.2, 0.25) is 39.3 Å². The van der Waals surface area contributed by atoms with E-state index in [4.69, 9.17) is 4.74 Å². The molecule has 0 aromatic rings. The fraction of sp³-hybridized carbons (Fsp3) is 0.818. The first-order chi connectivity index (χ1) is 6.12. The Morgan fingerprint density at radius 3 is 1.50 bits per heavy atom. The van der Waals surface area contributed by atoms with Gasteiger partial charge in [-0.3, -0.25) is 0 Å². The highest BCUT2D eigenvalue weighted by Gasteiger charge is 2.52. The third-order valence-electron chi connectivity index (χ3n) is 3.20. The first kappa shape index (κ1) is 14.1. The molecule has 0 aliphatic rings. The van der Waals surface area contributed by atoms with Crippen molar-refractivity contribution >= 4 is 16.1 Å². The SMILES string of the molecule is C=CCC(OC)([Si](C)(C)C)[Si](C)(C)C. The summed E-state index contributed by atoms with van der Waals surface area (Å²) in [6.45, 7) is 18.3. The predicted molar refractivity (Wildman–Crippen MR) is 71.2 cm³/mol. The van der Waals surface area contributed by atoms with Crippen LogP contribution >= 0.6 is 0 Å². The maximum atomic E-state index is 5.96. The summed E-state index contributed by atoms with van der Waals surface area (Å²) in [5.74, 6) is 0. The van der Waals surface area contributed by atoms with Crippen molar-refractivity contribution < 1.29 is 4.74 Å². The average Bonchev–Trinajstić information content (AvgIpc) is 1.94. The summed E-state index contributed by atoms with van der Waals surface area (Å²) in [7, 11) is -0.775. The minimum absolute atomic E-state index is 0.127. The number of ether oxygens (including phenoxy) is 1. The molecule has 84 valence electrons. The summed E-state index contributed by atoms with van der Waals surface area (Å²) in [5.41, 5.74) is 0. The second-order valence-electron chi connectivity index (χ2n) is 6.02. The Hall–Kier alpha value is 0.134. The van der Waals surface area contributed by atoms with Crippen molar-refractivity contribution in [2.75, 3.05) is 7.11 Å². The van der Waals surface area contributed by atoms with Gasteiger partial charge < -0.3 is 4.74 Å². The van der Waals surface area contributed by atoms with Crippen LogP contribution in [0, 0.1) is 0 Å². The van der Waals surface area contributed by atoms with E-state index < -0.39 is 16.1 Å². The lowest BCUT2D eigenvalue weighted by Gasteiger charge is -2.50. The minimum atomic E-state index is -1.33. The first-order valence-corrected chi connectivity index (χ1v) is 12.3. The van der Waals surface area contributed by atoms with Crippen LogP contribution < -0.4 is 0 Å². The van der Waals surface area contributed by atoms with Gasteiger partial charge in [-0.2, -0.15) is 0 Å². The highest BCUT2D eigenvalue weighted by Crippen LogP contribution is 2.37. The lowest BCUT2D eigenvalue weighted by atomic mass is 10.4. The van der Waals surface area contributed by atoms with Crippen molar-refractivity contribution in [1.29, 1.82) is 0 Å². The Kier molecular flexibility index (Phi) is 4.37. The molecule has 0 aliphatic carbocycles. The van der Waals surface area contributed by atoms with E-state index >= 15 is 0 Å². The minimum Gasteiger partial charge on any atom is -0.385 e. The molecule has 14 heavy (non-hydrogen) atoms. The zero-order valence-electron chi connectivity index (χ0n) is 10.9. The summed E-state index contributed by atoms with van der Waals surface area (Å²) in [6.07, 6.45) is 3.04. The number of methoxy groups -OCH3 is 1. The summed E-state index contributed by atoms with van der Waals surface area (Å²) in [4.78, 5) is 0.127. The van der Waals surface area contributed by atoms with E-state index in [1.54, 1.807) is 0 Å². The van der Waals surface area contributed by atoms with Gasteiger partial charge in [0.05, 0.1) is 21.0 Å². The average molecular weight is 230 g/mol. The van der Waals surface area contributed by atoms with Gasteiger partial charge in [-0.25, -0.2) is 0 Å². The summed E-state index contributed by atoms with van der Waals surface area (Å²) in [6, 6.07) is 0. The molecule has 0 heterocycles. The topological polar surface area (TPSA) is 9.23 Å². The number of hydrogen-bond acceptors (Lipinski definition) is 1. The smallest absolute Gasteiger partial charge is 0.0787 e. The molecule has 0 bridgehead atoms. The molecule has 0 amide bonds. The van der Waals surface area contributed by atoms with Gasteiger partial charge in [0, 0.05) is 7.11 Å². The molecular weight excluding hydrogens is 204 g/mol. The van der Waals surface area contributed by atoms with Crippen molar-refractivity contribution in [3.63, 3.8) is 0 Å². The van der Waals surface area contributed by atoms with Crippen molar-refractivity contribution in [3.05, 3.63) is 12.7 Å². The van der Waals surface area contributed by atoms with Gasteiger partial charge in [-0.15, -0.1) is 6.58 Å². The van der Waals surface area contributed by atoms with Crippen LogP contribution in [0.5, 0.6) is 0 Å². The van der Waals surface area contributed by atoms with Crippen LogP contribution in [-0.2, 0) is 4.74 Å². The molecule has 0 fully saturated rings. The van der Waals surface area contributed by atoms with Crippen LogP contribution in [0.1, 0.15) is 6.42 Å². The Balaban J connectivity index is 5.31. The monoisotopic (exact) mass is 230 g/mol. The van der Waals surface area contributed by atoms with Crippen LogP contribution in [0.3, 0.4) is 0 Å². The van der Waals surface area contributed by atoms with Gasteiger partial charge in [-0.1, -0.05) is 45.4 Å². The zero-order chi connectivity index (χ0) is 11.6. The third-order valence-corrected chi connectivity index (χ3v) is 13.4. The molecular formula is C11H26OSi2. The molecule has 0 aliphatic heterocycles. The fourth-order valence-corrected chi connectivity index (χ4v) is 14.4. The predicted octanol–water partition coefficient (Wildman–Crippen LogP) is 3.70. The van der Waals surface area contributed by atoms with E-state index in [-0.39, 0.29) is 4.85 Å². The molecule has 0 atom stereocenters. The van der Waals surface area contributed by atoms with Gasteiger partial charge in [0.15, 0.2) is 0 Å². The fourth-order valence-electron chi connectivity index (χ4n) is 2.64. The van der Waals surface area contributed by atoms with Gasteiger partial charge >= 0.3 is 0 Å². The molecule has 0 aromatic heterocycles. The highest BCUT2D eigenvalue weighted by atomic mass is 28.4. The molecule has 0 unspecified atom stereocenters. The van der Waals surface area contributed by atoms with Crippen LogP contribution in [0.25, 0.3) is 0 Å². The van der Waals surface area contributed by atoms with E-state index in [0.29, 0.717) is 0 Å². The zero-order valence-corrected chi connectivity index (χ0v) is 12.9. The van der Waals surface area contributed by atoms with E-state index in [0.717, 1.165) is 6.42 Å². The number of hydrogen-bond donors (Lipinski definition) is 0. The summed E-state index contributed by atoms with van der Waals surface area (Å²) >= 11 is 0. The largest absolute Gasteiger partial charge is 0.385 e. The summed E-state index contributed by atoms with van der Waals surface area (Å²) < 4.78 is 5.96. The van der Waals surface area contributed by atoms with Gasteiger partial charge in [0.25, 0.3) is 0 Å². The quantitative estimate of drug-likeness (QED) is 0.517. The van der Waals surface area contributed by atoms with Crippen molar-refractivity contribution in [2.24, 2.45) is 0 Å². The normalized spacial score (nSPS) is 14.2. The second-order valence-corrected chi connectivity index (χ2v) is 17.1. The van der Waals surface area contributed by atoms with E-state index in [2.05, 4.69) is 45.9 Å². The third kappa shape index (κ3) is 2.38. The Bertz CT molecular complexity index is 184. The molecule has 0 radical (unpaired) electrons. The van der Waals surface area contributed by atoms with Crippen LogP contribution in [0.15, 0.2) is 12.7 Å². The van der Waals surface area contributed by atoms with Crippen molar-refractivity contribution in [1.82, 2.24) is 0 Å². The molecule has 0 spiro atoms. The first-order valence-electron chi connectivity index (χ1n) is 5.28. The maximum Gasteiger partial charge on any atom is 0.0787 e. The van der Waals surface area contributed by atoms with E-state index in [1.807, 2.05) is 13.2 Å². The lowest BCUT2D eigenvalue weighted by molar-refractivity contribution is 0.115. The molecule has 0 N–H and O–H groups in total. The lowest BCUT2D eigenvalue weighted by Crippen LogP contribution is -2.67. The molecule has 0 rings (SSSR count). The summed E-state index contributed by atoms with van der Waals surface area (Å²) in [5, 5.41) is 0. The maximum absolute atomic E-state index is 5.96. The number of rotatable bonds is 5. The molecule has 1 nitrogen and oxygen atoms in total. The van der Waals surface area contributed by atoms with E-state index in [9.17, 15) is 0 Å². The van der Waals surface area contributed by atoms with Crippen LogP contribution in [0.4, 0.5) is 0 Å². The molecule has 0 saturated heterocycles. The second kappa shape index (κ2) is 4.33. The Morgan fingerprint density at radius 2 is 1.43 bits per heavy atom. The van der Waals surface area contributed by atoms with Crippen molar-refractivity contribution in [2.45, 2.75) is 50.6 Å². The van der Waals surface area contributed by atoms with Gasteiger partial charge in [0.2, 0.25) is 0 Å². The molecule has 3 heteroatoms. The Labute approximate surface area is 91.6 Å². The van der Waals surface area contributed by atoms with Gasteiger partial charge in [-0.05, 0) is 6.42 Å².